The van der Waals surface area contributed by atoms with Gasteiger partial charge in [0, 0.05) is 12.1 Å². The average molecular weight is 327 g/mol. The van der Waals surface area contributed by atoms with Gasteiger partial charge in [-0.05, 0) is 18.2 Å². The maximum Gasteiger partial charge on any atom is 0.239 e. The Morgan fingerprint density at radius 2 is 1.71 bits per heavy atom. The standard InChI is InChI=1S/C15H13Cl2FN2O/c16-11-5-3-6-12(17)15(11)20-9-14(21)19-8-10-4-1-2-7-13(10)18/h1-7,20H,8-9H2,(H,19,21). The van der Waals surface area contributed by atoms with Gasteiger partial charge in [0.25, 0.3) is 0 Å². The Kier molecular flexibility index (Phi) is 5.42. The summed E-state index contributed by atoms with van der Waals surface area (Å²) in [6.07, 6.45) is 0. The Morgan fingerprint density at radius 1 is 1.05 bits per heavy atom. The topological polar surface area (TPSA) is 41.1 Å². The van der Waals surface area contributed by atoms with Crippen LogP contribution in [0.25, 0.3) is 0 Å². The SMILES string of the molecule is O=C(CNc1c(Cl)cccc1Cl)NCc1ccccc1F. The van der Waals surface area contributed by atoms with Gasteiger partial charge < -0.3 is 10.6 Å². The van der Waals surface area contributed by atoms with E-state index in [2.05, 4.69) is 10.6 Å². The molecular weight excluding hydrogens is 314 g/mol. The number of hydrogen-bond donors (Lipinski definition) is 2. The van der Waals surface area contributed by atoms with Gasteiger partial charge in [-0.2, -0.15) is 0 Å². The van der Waals surface area contributed by atoms with E-state index in [0.29, 0.717) is 21.3 Å². The fourth-order valence-corrected chi connectivity index (χ4v) is 2.26. The monoisotopic (exact) mass is 326 g/mol. The van der Waals surface area contributed by atoms with Gasteiger partial charge in [-0.25, -0.2) is 4.39 Å². The maximum absolute atomic E-state index is 13.4. The predicted molar refractivity (Wildman–Crippen MR) is 83.2 cm³/mol. The molecule has 0 aromatic heterocycles. The van der Waals surface area contributed by atoms with E-state index in [1.54, 1.807) is 36.4 Å². The van der Waals surface area contributed by atoms with E-state index in [9.17, 15) is 9.18 Å². The van der Waals surface area contributed by atoms with Crippen molar-refractivity contribution < 1.29 is 9.18 Å². The normalized spacial score (nSPS) is 10.2. The van der Waals surface area contributed by atoms with Gasteiger partial charge in [-0.1, -0.05) is 47.5 Å². The number of rotatable bonds is 5. The van der Waals surface area contributed by atoms with E-state index in [1.165, 1.54) is 6.07 Å². The summed E-state index contributed by atoms with van der Waals surface area (Å²) >= 11 is 12.0. The molecule has 2 aromatic rings. The number of anilines is 1. The summed E-state index contributed by atoms with van der Waals surface area (Å²) in [6, 6.07) is 11.3. The number of nitrogens with one attached hydrogen (secondary N) is 2. The third-order valence-corrected chi connectivity index (χ3v) is 3.45. The third kappa shape index (κ3) is 4.34. The summed E-state index contributed by atoms with van der Waals surface area (Å²) in [5, 5.41) is 6.35. The summed E-state index contributed by atoms with van der Waals surface area (Å²) in [4.78, 5) is 11.7. The van der Waals surface area contributed by atoms with Crippen LogP contribution in [0.5, 0.6) is 0 Å². The molecule has 0 bridgehead atoms. The Bertz CT molecular complexity index is 629. The molecule has 2 rings (SSSR count). The van der Waals surface area contributed by atoms with Crippen molar-refractivity contribution in [2.75, 3.05) is 11.9 Å². The van der Waals surface area contributed by atoms with Crippen molar-refractivity contribution in [3.8, 4) is 0 Å². The maximum atomic E-state index is 13.4. The molecule has 1 amide bonds. The molecule has 0 unspecified atom stereocenters. The molecule has 0 radical (unpaired) electrons. The number of hydrogen-bond acceptors (Lipinski definition) is 2. The van der Waals surface area contributed by atoms with Gasteiger partial charge in [-0.15, -0.1) is 0 Å². The van der Waals surface area contributed by atoms with Crippen LogP contribution in [-0.4, -0.2) is 12.5 Å². The first kappa shape index (κ1) is 15.6. The van der Waals surface area contributed by atoms with E-state index >= 15 is 0 Å². The third-order valence-electron chi connectivity index (χ3n) is 2.82. The second-order valence-electron chi connectivity index (χ2n) is 4.32. The molecule has 0 aliphatic carbocycles. The second kappa shape index (κ2) is 7.29. The van der Waals surface area contributed by atoms with Gasteiger partial charge >= 0.3 is 0 Å². The summed E-state index contributed by atoms with van der Waals surface area (Å²) in [6.45, 7) is 0.126. The minimum absolute atomic E-state index is 0.00208. The molecule has 2 aromatic carbocycles. The molecule has 0 atom stereocenters. The first-order valence-corrected chi connectivity index (χ1v) is 7.01. The molecule has 110 valence electrons. The summed E-state index contributed by atoms with van der Waals surface area (Å²) in [7, 11) is 0. The lowest BCUT2D eigenvalue weighted by Gasteiger charge is -2.11. The van der Waals surface area contributed by atoms with Crippen LogP contribution < -0.4 is 10.6 Å². The highest BCUT2D eigenvalue weighted by atomic mass is 35.5. The zero-order chi connectivity index (χ0) is 15.2. The zero-order valence-corrected chi connectivity index (χ0v) is 12.5. The molecule has 2 N–H and O–H groups in total. The number of carbonyl (C=O) groups is 1. The van der Waals surface area contributed by atoms with E-state index in [0.717, 1.165) is 0 Å². The number of carbonyl (C=O) groups excluding carboxylic acids is 1. The number of halogens is 3. The van der Waals surface area contributed by atoms with Crippen molar-refractivity contribution in [3.05, 3.63) is 63.9 Å². The minimum atomic E-state index is -0.347. The lowest BCUT2D eigenvalue weighted by molar-refractivity contribution is -0.119. The molecule has 0 saturated heterocycles. The molecule has 0 heterocycles. The highest BCUT2D eigenvalue weighted by Gasteiger charge is 2.08. The lowest BCUT2D eigenvalue weighted by Crippen LogP contribution is -2.29. The Balaban J connectivity index is 1.87. The highest BCUT2D eigenvalue weighted by molar-refractivity contribution is 6.39. The number of para-hydroxylation sites is 1. The van der Waals surface area contributed by atoms with E-state index in [4.69, 9.17) is 23.2 Å². The van der Waals surface area contributed by atoms with Crippen LogP contribution in [0.1, 0.15) is 5.56 Å². The molecule has 6 heteroatoms. The van der Waals surface area contributed by atoms with Gasteiger partial charge in [0.15, 0.2) is 0 Å². The van der Waals surface area contributed by atoms with Crippen LogP contribution in [-0.2, 0) is 11.3 Å². The quantitative estimate of drug-likeness (QED) is 0.875. The van der Waals surface area contributed by atoms with Gasteiger partial charge in [0.2, 0.25) is 5.91 Å². The van der Waals surface area contributed by atoms with Crippen LogP contribution in [0.3, 0.4) is 0 Å². The van der Waals surface area contributed by atoms with Crippen molar-refractivity contribution in [2.24, 2.45) is 0 Å². The molecule has 0 fully saturated rings. The summed E-state index contributed by atoms with van der Waals surface area (Å²) in [5.74, 6) is -0.630. The lowest BCUT2D eigenvalue weighted by atomic mass is 10.2. The molecule has 3 nitrogen and oxygen atoms in total. The largest absolute Gasteiger partial charge is 0.374 e. The summed E-state index contributed by atoms with van der Waals surface area (Å²) < 4.78 is 13.4. The van der Waals surface area contributed by atoms with Crippen molar-refractivity contribution in [3.63, 3.8) is 0 Å². The van der Waals surface area contributed by atoms with Crippen molar-refractivity contribution in [1.29, 1.82) is 0 Å². The van der Waals surface area contributed by atoms with E-state index in [-0.39, 0.29) is 24.8 Å². The van der Waals surface area contributed by atoms with Crippen LogP contribution >= 0.6 is 23.2 Å². The van der Waals surface area contributed by atoms with E-state index < -0.39 is 0 Å². The van der Waals surface area contributed by atoms with Crippen molar-refractivity contribution in [1.82, 2.24) is 5.32 Å². The Morgan fingerprint density at radius 3 is 2.38 bits per heavy atom. The molecular formula is C15H13Cl2FN2O. The first-order chi connectivity index (χ1) is 10.1. The smallest absolute Gasteiger partial charge is 0.239 e. The van der Waals surface area contributed by atoms with Crippen molar-refractivity contribution >= 4 is 34.8 Å². The van der Waals surface area contributed by atoms with Crippen LogP contribution in [0.4, 0.5) is 10.1 Å². The van der Waals surface area contributed by atoms with Crippen LogP contribution in [0.15, 0.2) is 42.5 Å². The molecule has 21 heavy (non-hydrogen) atoms. The Labute approximate surface area is 132 Å². The molecule has 0 aliphatic heterocycles. The van der Waals surface area contributed by atoms with Gasteiger partial charge in [0.1, 0.15) is 5.82 Å². The van der Waals surface area contributed by atoms with Gasteiger partial charge in [-0.3, -0.25) is 4.79 Å². The minimum Gasteiger partial charge on any atom is -0.374 e. The average Bonchev–Trinajstić information content (AvgIpc) is 2.46. The van der Waals surface area contributed by atoms with Gasteiger partial charge in [0.05, 0.1) is 22.3 Å². The fraction of sp³-hybridized carbons (Fsp3) is 0.133. The summed E-state index contributed by atoms with van der Waals surface area (Å²) in [5.41, 5.74) is 0.934. The predicted octanol–water partition coefficient (Wildman–Crippen LogP) is 3.86. The molecule has 0 aliphatic rings. The Hall–Kier alpha value is -1.78. The van der Waals surface area contributed by atoms with Crippen LogP contribution in [0.2, 0.25) is 10.0 Å². The second-order valence-corrected chi connectivity index (χ2v) is 5.13. The van der Waals surface area contributed by atoms with Crippen LogP contribution in [0, 0.1) is 5.82 Å². The first-order valence-electron chi connectivity index (χ1n) is 6.26. The molecule has 0 spiro atoms. The number of benzene rings is 2. The zero-order valence-electron chi connectivity index (χ0n) is 11.0. The highest BCUT2D eigenvalue weighted by Crippen LogP contribution is 2.29. The molecule has 0 saturated carbocycles. The number of amides is 1. The fourth-order valence-electron chi connectivity index (χ4n) is 1.73. The van der Waals surface area contributed by atoms with Crippen molar-refractivity contribution in [2.45, 2.75) is 6.54 Å². The van der Waals surface area contributed by atoms with E-state index in [1.807, 2.05) is 0 Å².